The summed E-state index contributed by atoms with van der Waals surface area (Å²) in [7, 11) is 0. The highest BCUT2D eigenvalue weighted by Gasteiger charge is 2.31. The van der Waals surface area contributed by atoms with Gasteiger partial charge in [0.1, 0.15) is 11.9 Å². The molecular weight excluding hydrogens is 358 g/mol. The molecule has 1 amide bonds. The van der Waals surface area contributed by atoms with Gasteiger partial charge in [-0.05, 0) is 57.2 Å². The Balaban J connectivity index is 1.96. The number of likely N-dealkylation sites (tertiary alicyclic amines) is 1. The number of hydrogen-bond acceptors (Lipinski definition) is 3. The minimum Gasteiger partial charge on any atom is -0.444 e. The Morgan fingerprint density at radius 1 is 1.26 bits per heavy atom. The lowest BCUT2D eigenvalue weighted by atomic mass is 9.81. The van der Waals surface area contributed by atoms with Crippen LogP contribution in [0.3, 0.4) is 0 Å². The Hall–Kier alpha value is -1.36. The van der Waals surface area contributed by atoms with Crippen molar-refractivity contribution in [3.8, 4) is 0 Å². The van der Waals surface area contributed by atoms with E-state index in [1.807, 2.05) is 45.0 Å². The van der Waals surface area contributed by atoms with Gasteiger partial charge in [0.2, 0.25) is 0 Å². The first-order valence-electron chi connectivity index (χ1n) is 7.99. The number of nitrogens with zero attached hydrogens (tertiary/aromatic N) is 1. The summed E-state index contributed by atoms with van der Waals surface area (Å²) >= 11 is 3.41. The molecule has 1 aliphatic rings. The number of piperidine rings is 1. The zero-order valence-electron chi connectivity index (χ0n) is 13.9. The summed E-state index contributed by atoms with van der Waals surface area (Å²) in [5.74, 6) is 0.163. The van der Waals surface area contributed by atoms with Gasteiger partial charge in [0, 0.05) is 23.5 Å². The van der Waals surface area contributed by atoms with Gasteiger partial charge >= 0.3 is 6.09 Å². The molecule has 1 fully saturated rings. The second-order valence-electron chi connectivity index (χ2n) is 7.02. The van der Waals surface area contributed by atoms with E-state index < -0.39 is 5.60 Å². The molecule has 0 aliphatic carbocycles. The topological polar surface area (TPSA) is 46.6 Å². The van der Waals surface area contributed by atoms with E-state index in [0.29, 0.717) is 13.1 Å². The van der Waals surface area contributed by atoms with E-state index in [-0.39, 0.29) is 17.9 Å². The van der Waals surface area contributed by atoms with Gasteiger partial charge < -0.3 is 14.4 Å². The maximum absolute atomic E-state index is 12.1. The molecule has 1 atom stereocenters. The van der Waals surface area contributed by atoms with Crippen molar-refractivity contribution < 1.29 is 14.3 Å². The fourth-order valence-corrected chi connectivity index (χ4v) is 3.18. The molecule has 1 aromatic carbocycles. The number of carbonyl (C=O) groups is 2. The molecule has 1 unspecified atom stereocenters. The molecule has 0 saturated carbocycles. The fourth-order valence-electron chi connectivity index (χ4n) is 2.91. The van der Waals surface area contributed by atoms with Crippen molar-refractivity contribution in [1.29, 1.82) is 0 Å². The van der Waals surface area contributed by atoms with Crippen LogP contribution in [-0.2, 0) is 9.53 Å². The Morgan fingerprint density at radius 3 is 2.30 bits per heavy atom. The summed E-state index contributed by atoms with van der Waals surface area (Å²) in [5, 5.41) is 0. The highest BCUT2D eigenvalue weighted by Crippen LogP contribution is 2.32. The van der Waals surface area contributed by atoms with E-state index in [4.69, 9.17) is 4.74 Å². The van der Waals surface area contributed by atoms with E-state index in [0.717, 1.165) is 29.2 Å². The molecule has 4 nitrogen and oxygen atoms in total. The van der Waals surface area contributed by atoms with Gasteiger partial charge in [0.15, 0.2) is 0 Å². The van der Waals surface area contributed by atoms with Gasteiger partial charge in [0.25, 0.3) is 0 Å². The molecular formula is C18H24BrNO3. The summed E-state index contributed by atoms with van der Waals surface area (Å²) in [6, 6.07) is 7.90. The monoisotopic (exact) mass is 381 g/mol. The first kappa shape index (κ1) is 18.0. The SMILES string of the molecule is CC(C)(C)OC(=O)N1CCC(C(C=O)c2ccc(Br)cc2)CC1. The number of ether oxygens (including phenoxy) is 1. The van der Waals surface area contributed by atoms with E-state index >= 15 is 0 Å². The molecule has 1 heterocycles. The smallest absolute Gasteiger partial charge is 0.410 e. The molecule has 1 saturated heterocycles. The number of hydrogen-bond donors (Lipinski definition) is 0. The summed E-state index contributed by atoms with van der Waals surface area (Å²) in [6.45, 7) is 6.88. The molecule has 5 heteroatoms. The molecule has 126 valence electrons. The Kier molecular flexibility index (Phi) is 5.84. The van der Waals surface area contributed by atoms with Gasteiger partial charge in [-0.3, -0.25) is 0 Å². The third kappa shape index (κ3) is 5.06. The zero-order valence-corrected chi connectivity index (χ0v) is 15.5. The summed E-state index contributed by atoms with van der Waals surface area (Å²) in [4.78, 5) is 25.4. The van der Waals surface area contributed by atoms with Crippen LogP contribution < -0.4 is 0 Å². The van der Waals surface area contributed by atoms with Crippen molar-refractivity contribution in [2.45, 2.75) is 45.1 Å². The van der Waals surface area contributed by atoms with Crippen LogP contribution in [-0.4, -0.2) is 36.0 Å². The van der Waals surface area contributed by atoms with Crippen molar-refractivity contribution in [3.63, 3.8) is 0 Å². The maximum atomic E-state index is 12.1. The van der Waals surface area contributed by atoms with Crippen LogP contribution >= 0.6 is 15.9 Å². The standard InChI is InChI=1S/C18H24BrNO3/c1-18(2,3)23-17(22)20-10-8-14(9-11-20)16(12-21)13-4-6-15(19)7-5-13/h4-7,12,14,16H,8-11H2,1-3H3. The molecule has 1 aromatic rings. The Bertz CT molecular complexity index is 542. The highest BCUT2D eigenvalue weighted by atomic mass is 79.9. The largest absolute Gasteiger partial charge is 0.444 e. The lowest BCUT2D eigenvalue weighted by Gasteiger charge is -2.35. The van der Waals surface area contributed by atoms with E-state index in [1.165, 1.54) is 0 Å². The van der Waals surface area contributed by atoms with Crippen molar-refractivity contribution in [2.75, 3.05) is 13.1 Å². The number of amides is 1. The number of halogens is 1. The minimum atomic E-state index is -0.476. The molecule has 0 N–H and O–H groups in total. The number of carbonyl (C=O) groups excluding carboxylic acids is 2. The van der Waals surface area contributed by atoms with Gasteiger partial charge in [-0.2, -0.15) is 0 Å². The van der Waals surface area contributed by atoms with Crippen LogP contribution in [0.25, 0.3) is 0 Å². The second-order valence-corrected chi connectivity index (χ2v) is 7.93. The molecule has 0 spiro atoms. The highest BCUT2D eigenvalue weighted by molar-refractivity contribution is 9.10. The minimum absolute atomic E-state index is 0.108. The molecule has 2 rings (SSSR count). The average molecular weight is 382 g/mol. The van der Waals surface area contributed by atoms with Crippen LogP contribution in [0.4, 0.5) is 4.79 Å². The average Bonchev–Trinajstić information content (AvgIpc) is 2.49. The third-order valence-electron chi connectivity index (χ3n) is 4.10. The summed E-state index contributed by atoms with van der Waals surface area (Å²) in [6.07, 6.45) is 2.41. The molecule has 23 heavy (non-hydrogen) atoms. The van der Waals surface area contributed by atoms with E-state index in [9.17, 15) is 9.59 Å². The first-order chi connectivity index (χ1) is 10.8. The van der Waals surface area contributed by atoms with Crippen molar-refractivity contribution >= 4 is 28.3 Å². The van der Waals surface area contributed by atoms with Crippen LogP contribution in [0, 0.1) is 5.92 Å². The lowest BCUT2D eigenvalue weighted by molar-refractivity contribution is -0.110. The number of rotatable bonds is 3. The van der Waals surface area contributed by atoms with Crippen LogP contribution in [0.15, 0.2) is 28.7 Å². The lowest BCUT2D eigenvalue weighted by Crippen LogP contribution is -2.42. The maximum Gasteiger partial charge on any atom is 0.410 e. The summed E-state index contributed by atoms with van der Waals surface area (Å²) in [5.41, 5.74) is 0.565. The Labute approximate surface area is 146 Å². The van der Waals surface area contributed by atoms with Crippen molar-refractivity contribution in [2.24, 2.45) is 5.92 Å². The first-order valence-corrected chi connectivity index (χ1v) is 8.78. The number of benzene rings is 1. The van der Waals surface area contributed by atoms with Crippen LogP contribution in [0.5, 0.6) is 0 Å². The fraction of sp³-hybridized carbons (Fsp3) is 0.556. The predicted molar refractivity (Wildman–Crippen MR) is 93.5 cm³/mol. The normalized spacial score (nSPS) is 17.7. The molecule has 0 radical (unpaired) electrons. The van der Waals surface area contributed by atoms with Crippen LogP contribution in [0.2, 0.25) is 0 Å². The quantitative estimate of drug-likeness (QED) is 0.729. The van der Waals surface area contributed by atoms with E-state index in [2.05, 4.69) is 15.9 Å². The predicted octanol–water partition coefficient (Wildman–Crippen LogP) is 4.38. The van der Waals surface area contributed by atoms with Gasteiger partial charge in [-0.1, -0.05) is 28.1 Å². The van der Waals surface area contributed by atoms with Crippen LogP contribution in [0.1, 0.15) is 45.1 Å². The van der Waals surface area contributed by atoms with Gasteiger partial charge in [-0.25, -0.2) is 4.79 Å². The van der Waals surface area contributed by atoms with Crippen molar-refractivity contribution in [3.05, 3.63) is 34.3 Å². The van der Waals surface area contributed by atoms with Gasteiger partial charge in [-0.15, -0.1) is 0 Å². The second kappa shape index (κ2) is 7.47. The van der Waals surface area contributed by atoms with Crippen molar-refractivity contribution in [1.82, 2.24) is 4.90 Å². The zero-order chi connectivity index (χ0) is 17.0. The third-order valence-corrected chi connectivity index (χ3v) is 4.63. The Morgan fingerprint density at radius 2 is 1.83 bits per heavy atom. The van der Waals surface area contributed by atoms with E-state index in [1.54, 1.807) is 4.90 Å². The number of aldehydes is 1. The molecule has 0 bridgehead atoms. The molecule has 0 aromatic heterocycles. The molecule has 1 aliphatic heterocycles. The summed E-state index contributed by atoms with van der Waals surface area (Å²) < 4.78 is 6.41. The van der Waals surface area contributed by atoms with Gasteiger partial charge in [0.05, 0.1) is 0 Å².